The second-order valence-corrected chi connectivity index (χ2v) is 14.7. The molecule has 0 bridgehead atoms. The van der Waals surface area contributed by atoms with Crippen molar-refractivity contribution in [1.82, 2.24) is 4.98 Å². The average Bonchev–Trinajstić information content (AvgIpc) is 3.21. The van der Waals surface area contributed by atoms with Gasteiger partial charge in [-0.1, -0.05) is 123 Å². The van der Waals surface area contributed by atoms with Gasteiger partial charge in [-0.2, -0.15) is 0 Å². The molecule has 0 saturated carbocycles. The van der Waals surface area contributed by atoms with Crippen LogP contribution in [0.4, 0.5) is 0 Å². The van der Waals surface area contributed by atoms with Gasteiger partial charge in [0.1, 0.15) is 26.5 Å². The molecule has 0 radical (unpaired) electrons. The summed E-state index contributed by atoms with van der Waals surface area (Å²) in [5, 5.41) is 14.3. The second-order valence-electron chi connectivity index (χ2n) is 9.92. The molecule has 1 heterocycles. The van der Waals surface area contributed by atoms with Gasteiger partial charge < -0.3 is 19.6 Å². The van der Waals surface area contributed by atoms with Gasteiger partial charge in [0, 0.05) is 0 Å². The third-order valence-electron chi connectivity index (χ3n) is 6.20. The van der Waals surface area contributed by atoms with Crippen LogP contribution in [0, 0.1) is 0 Å². The number of aliphatic hydroxyl groups is 1. The number of ether oxygens (including phenoxy) is 2. The van der Waals surface area contributed by atoms with Gasteiger partial charge in [0.05, 0.1) is 0 Å². The first-order valence-electron chi connectivity index (χ1n) is 11.8. The molecule has 1 saturated heterocycles. The Morgan fingerprint density at radius 1 is 0.706 bits per heavy atom. The molecule has 1 fully saturated rings. The van der Waals surface area contributed by atoms with Crippen molar-refractivity contribution in [3.8, 4) is 0 Å². The summed E-state index contributed by atoms with van der Waals surface area (Å²) in [5.74, 6) is -1.86. The molecule has 3 atom stereocenters. The van der Waals surface area contributed by atoms with Gasteiger partial charge in [0.25, 0.3) is 0 Å². The zero-order valence-electron chi connectivity index (χ0n) is 19.8. The van der Waals surface area contributed by atoms with Gasteiger partial charge in [-0.05, 0) is 27.5 Å². The zero-order valence-corrected chi connectivity index (χ0v) is 20.8. The van der Waals surface area contributed by atoms with Gasteiger partial charge in [0.2, 0.25) is 0 Å². The molecular weight excluding hydrogens is 438 g/mol. The Hall–Kier alpha value is -2.80. The fourth-order valence-electron chi connectivity index (χ4n) is 4.72. The van der Waals surface area contributed by atoms with Crippen molar-refractivity contribution in [2.75, 3.05) is 0 Å². The monoisotopic (exact) mass is 469 g/mol. The standard InChI is InChI=1S/C29H31NO3Si/c1-34(2,3)30-28(25-20-12-18-21-13-10-11-19-24(21)25)29(31)32-26(22-14-6-4-7-15-22)27(33-29)23-16-8-5-9-17-23/h4-20,26-28,30-31H,1-3H3/t26-,27-,28-/m1/s1. The summed E-state index contributed by atoms with van der Waals surface area (Å²) in [6.45, 7) is 6.65. The number of benzene rings is 4. The van der Waals surface area contributed by atoms with Crippen LogP contribution >= 0.6 is 0 Å². The van der Waals surface area contributed by atoms with Crippen LogP contribution in [0.15, 0.2) is 103 Å². The minimum atomic E-state index is -1.88. The number of hydrogen-bond donors (Lipinski definition) is 2. The van der Waals surface area contributed by atoms with Crippen LogP contribution in [0.1, 0.15) is 34.9 Å². The van der Waals surface area contributed by atoms with Crippen LogP contribution in [-0.4, -0.2) is 19.3 Å². The predicted octanol–water partition coefficient (Wildman–Crippen LogP) is 6.48. The Morgan fingerprint density at radius 3 is 1.76 bits per heavy atom. The molecule has 5 heteroatoms. The van der Waals surface area contributed by atoms with E-state index in [9.17, 15) is 5.11 Å². The third kappa shape index (κ3) is 4.58. The lowest BCUT2D eigenvalue weighted by atomic mass is 9.98. The maximum absolute atomic E-state index is 12.1. The minimum Gasteiger partial charge on any atom is -0.342 e. The zero-order chi connectivity index (χ0) is 23.8. The lowest BCUT2D eigenvalue weighted by Crippen LogP contribution is -2.53. The van der Waals surface area contributed by atoms with Gasteiger partial charge in [-0.25, -0.2) is 0 Å². The molecule has 0 unspecified atom stereocenters. The van der Waals surface area contributed by atoms with Crippen LogP contribution in [0.2, 0.25) is 19.6 Å². The highest BCUT2D eigenvalue weighted by molar-refractivity contribution is 6.73. The molecule has 174 valence electrons. The summed E-state index contributed by atoms with van der Waals surface area (Å²) in [6, 6.07) is 33.8. The van der Waals surface area contributed by atoms with Crippen molar-refractivity contribution in [3.63, 3.8) is 0 Å². The van der Waals surface area contributed by atoms with E-state index in [0.717, 1.165) is 27.5 Å². The van der Waals surface area contributed by atoms with Gasteiger partial charge in [-0.3, -0.25) is 0 Å². The number of rotatable bonds is 6. The van der Waals surface area contributed by atoms with Gasteiger partial charge in [-0.15, -0.1) is 0 Å². The van der Waals surface area contributed by atoms with E-state index in [1.165, 1.54) is 0 Å². The summed E-state index contributed by atoms with van der Waals surface area (Å²) >= 11 is 0. The van der Waals surface area contributed by atoms with Crippen molar-refractivity contribution >= 4 is 19.0 Å². The molecule has 34 heavy (non-hydrogen) atoms. The van der Waals surface area contributed by atoms with Gasteiger partial charge in [0.15, 0.2) is 0 Å². The summed E-state index contributed by atoms with van der Waals surface area (Å²) in [7, 11) is -1.88. The van der Waals surface area contributed by atoms with Crippen molar-refractivity contribution in [2.45, 2.75) is 43.9 Å². The summed E-state index contributed by atoms with van der Waals surface area (Å²) in [5.41, 5.74) is 2.90. The van der Waals surface area contributed by atoms with E-state index in [2.05, 4.69) is 48.9 Å². The van der Waals surface area contributed by atoms with E-state index in [1.807, 2.05) is 78.9 Å². The molecule has 2 N–H and O–H groups in total. The van der Waals surface area contributed by atoms with Crippen LogP contribution in [0.25, 0.3) is 10.8 Å². The molecule has 0 aliphatic carbocycles. The van der Waals surface area contributed by atoms with Crippen LogP contribution in [0.3, 0.4) is 0 Å². The highest BCUT2D eigenvalue weighted by Crippen LogP contribution is 2.51. The lowest BCUT2D eigenvalue weighted by molar-refractivity contribution is -0.333. The Labute approximate surface area is 202 Å². The van der Waals surface area contributed by atoms with E-state index in [0.29, 0.717) is 0 Å². The Morgan fingerprint density at radius 2 is 1.21 bits per heavy atom. The predicted molar refractivity (Wildman–Crippen MR) is 139 cm³/mol. The second kappa shape index (κ2) is 9.10. The fraction of sp³-hybridized carbons (Fsp3) is 0.241. The van der Waals surface area contributed by atoms with Crippen molar-refractivity contribution < 1.29 is 14.6 Å². The Kier molecular flexibility index (Phi) is 6.14. The quantitative estimate of drug-likeness (QED) is 0.317. The molecule has 4 nitrogen and oxygen atoms in total. The first-order valence-corrected chi connectivity index (χ1v) is 15.3. The molecule has 0 amide bonds. The van der Waals surface area contributed by atoms with E-state index < -0.39 is 32.5 Å². The Balaban J connectivity index is 1.63. The van der Waals surface area contributed by atoms with E-state index >= 15 is 0 Å². The molecule has 1 aliphatic rings. The maximum atomic E-state index is 12.1. The van der Waals surface area contributed by atoms with Crippen LogP contribution < -0.4 is 4.98 Å². The normalized spacial score (nSPS) is 20.9. The fourth-order valence-corrected chi connectivity index (χ4v) is 5.93. The summed E-state index contributed by atoms with van der Waals surface area (Å²) in [4.78, 5) is 3.73. The molecule has 0 spiro atoms. The maximum Gasteiger partial charge on any atom is 0.301 e. The first kappa shape index (κ1) is 23.0. The average molecular weight is 470 g/mol. The van der Waals surface area contributed by atoms with Crippen LogP contribution in [0.5, 0.6) is 0 Å². The third-order valence-corrected chi connectivity index (χ3v) is 7.35. The molecule has 5 rings (SSSR count). The molecule has 4 aromatic rings. The van der Waals surface area contributed by atoms with E-state index in [4.69, 9.17) is 9.47 Å². The number of fused-ring (bicyclic) bond motifs is 1. The molecule has 4 aromatic carbocycles. The molecule has 0 aromatic heterocycles. The minimum absolute atomic E-state index is 0.450. The SMILES string of the molecule is C[Si](C)(C)N[C@H](c1cccc2ccccc12)C1(O)O[C@H](c2ccccc2)[C@@H](c2ccccc2)O1. The highest BCUT2D eigenvalue weighted by Gasteiger charge is 2.54. The largest absolute Gasteiger partial charge is 0.342 e. The molecular formula is C29H31NO3Si. The highest BCUT2D eigenvalue weighted by atomic mass is 28.3. The smallest absolute Gasteiger partial charge is 0.301 e. The van der Waals surface area contributed by atoms with Crippen LogP contribution in [-0.2, 0) is 9.47 Å². The van der Waals surface area contributed by atoms with Crippen molar-refractivity contribution in [1.29, 1.82) is 0 Å². The topological polar surface area (TPSA) is 50.7 Å². The Bertz CT molecular complexity index is 1200. The van der Waals surface area contributed by atoms with E-state index in [-0.39, 0.29) is 0 Å². The van der Waals surface area contributed by atoms with Crippen molar-refractivity contribution in [2.24, 2.45) is 0 Å². The number of hydrogen-bond acceptors (Lipinski definition) is 4. The summed E-state index contributed by atoms with van der Waals surface area (Å²) < 4.78 is 13.0. The first-order chi connectivity index (χ1) is 16.3. The van der Waals surface area contributed by atoms with Gasteiger partial charge >= 0.3 is 5.97 Å². The van der Waals surface area contributed by atoms with E-state index in [1.54, 1.807) is 0 Å². The molecule has 1 aliphatic heterocycles. The number of nitrogens with one attached hydrogen (secondary N) is 1. The lowest BCUT2D eigenvalue weighted by Gasteiger charge is -2.36. The van der Waals surface area contributed by atoms with Crippen molar-refractivity contribution in [3.05, 3.63) is 120 Å². The summed E-state index contributed by atoms with van der Waals surface area (Å²) in [6.07, 6.45) is -0.899.